The molecule has 0 spiro atoms. The molecule has 0 atom stereocenters. The molecule has 0 radical (unpaired) electrons. The van der Waals surface area contributed by atoms with E-state index in [1.165, 1.54) is 11.1 Å². The van der Waals surface area contributed by atoms with Crippen molar-refractivity contribution in [3.05, 3.63) is 74.8 Å². The molecule has 1 aliphatic heterocycles. The summed E-state index contributed by atoms with van der Waals surface area (Å²) in [5.74, 6) is 0.634. The van der Waals surface area contributed by atoms with Crippen molar-refractivity contribution >= 4 is 28.9 Å². The summed E-state index contributed by atoms with van der Waals surface area (Å²) < 4.78 is 6.24. The van der Waals surface area contributed by atoms with E-state index in [0.717, 1.165) is 37.9 Å². The van der Waals surface area contributed by atoms with Gasteiger partial charge in [0.25, 0.3) is 5.56 Å². The van der Waals surface area contributed by atoms with E-state index in [9.17, 15) is 4.79 Å². The van der Waals surface area contributed by atoms with E-state index in [2.05, 4.69) is 36.1 Å². The number of rotatable bonds is 5. The third-order valence-electron chi connectivity index (χ3n) is 5.96. The Kier molecular flexibility index (Phi) is 5.00. The minimum Gasteiger partial charge on any atom is -0.280 e. The van der Waals surface area contributed by atoms with Crippen molar-refractivity contribution in [1.29, 1.82) is 0 Å². The fourth-order valence-electron chi connectivity index (χ4n) is 4.34. The van der Waals surface area contributed by atoms with Gasteiger partial charge in [-0.05, 0) is 48.3 Å². The van der Waals surface area contributed by atoms with Gasteiger partial charge in [-0.2, -0.15) is 0 Å². The zero-order valence-electron chi connectivity index (χ0n) is 17.1. The van der Waals surface area contributed by atoms with E-state index in [1.54, 1.807) is 4.57 Å². The Hall–Kier alpha value is -2.77. The Morgan fingerprint density at radius 1 is 1.07 bits per heavy atom. The predicted molar refractivity (Wildman–Crippen MR) is 121 cm³/mol. The average Bonchev–Trinajstić information content (AvgIpc) is 3.09. The Bertz CT molecular complexity index is 1350. The first-order valence-electron chi connectivity index (χ1n) is 10.6. The largest absolute Gasteiger partial charge is 0.280 e. The summed E-state index contributed by atoms with van der Waals surface area (Å²) in [5, 5.41) is 5.51. The monoisotopic (exact) mass is 419 g/mol. The second-order valence-electron chi connectivity index (χ2n) is 7.96. The molecule has 7 heteroatoms. The van der Waals surface area contributed by atoms with Gasteiger partial charge in [0.2, 0.25) is 10.5 Å². The van der Waals surface area contributed by atoms with E-state index in [-0.39, 0.29) is 5.56 Å². The lowest BCUT2D eigenvalue weighted by molar-refractivity contribution is 0.188. The van der Waals surface area contributed by atoms with E-state index < -0.39 is 0 Å². The second kappa shape index (κ2) is 7.81. The molecule has 2 aromatic carbocycles. The van der Waals surface area contributed by atoms with Crippen LogP contribution in [-0.4, -0.2) is 30.2 Å². The normalized spacial score (nSPS) is 14.4. The van der Waals surface area contributed by atoms with E-state index in [1.807, 2.05) is 33.3 Å². The Morgan fingerprint density at radius 3 is 2.67 bits per heavy atom. The molecule has 2 aromatic heterocycles. The van der Waals surface area contributed by atoms with Crippen LogP contribution in [0.2, 0.25) is 0 Å². The van der Waals surface area contributed by atoms with Crippen LogP contribution in [0.3, 0.4) is 0 Å². The van der Waals surface area contributed by atoms with Gasteiger partial charge in [-0.15, -0.1) is 5.10 Å². The minimum atomic E-state index is 0.00519. The lowest BCUT2D eigenvalue weighted by Crippen LogP contribution is -2.32. The molecule has 6 nitrogen and oxygen atoms in total. The van der Waals surface area contributed by atoms with Crippen molar-refractivity contribution in [2.45, 2.75) is 45.9 Å². The predicted octanol–water partition coefficient (Wildman–Crippen LogP) is 4.00. The van der Waals surface area contributed by atoms with Crippen molar-refractivity contribution in [3.63, 3.8) is 0 Å². The molecule has 0 fully saturated rings. The molecule has 5 rings (SSSR count). The highest BCUT2D eigenvalue weighted by atomic mass is 32.1. The molecule has 154 valence electrons. The first-order valence-corrected chi connectivity index (χ1v) is 11.0. The van der Waals surface area contributed by atoms with E-state index in [0.29, 0.717) is 29.1 Å². The van der Waals surface area contributed by atoms with Gasteiger partial charge in [0, 0.05) is 19.6 Å². The SMILES string of the molecule is CCCCn1c(=O)c2ccccc2n2c(=S)n(CN3CCc4ccccc4C3)nc12. The average molecular weight is 420 g/mol. The Labute approximate surface area is 180 Å². The molecule has 0 unspecified atom stereocenters. The number of aromatic nitrogens is 4. The maximum Gasteiger partial charge on any atom is 0.262 e. The topological polar surface area (TPSA) is 47.5 Å². The third-order valence-corrected chi connectivity index (χ3v) is 6.36. The maximum absolute atomic E-state index is 13.2. The van der Waals surface area contributed by atoms with Crippen LogP contribution in [-0.2, 0) is 26.2 Å². The standard InChI is InChI=1S/C23H25N5OS/c1-2-3-13-26-21(29)19-10-6-7-11-20(19)28-22(26)24-27(23(28)30)16-25-14-12-17-8-4-5-9-18(17)15-25/h4-11H,2-3,12-16H2,1H3. The van der Waals surface area contributed by atoms with Crippen LogP contribution < -0.4 is 5.56 Å². The fraction of sp³-hybridized carbons (Fsp3) is 0.348. The zero-order valence-corrected chi connectivity index (χ0v) is 17.9. The number of nitrogens with zero attached hydrogens (tertiary/aromatic N) is 5. The number of hydrogen-bond acceptors (Lipinski definition) is 4. The molecular formula is C23H25N5OS. The summed E-state index contributed by atoms with van der Waals surface area (Å²) in [6, 6.07) is 16.3. The molecule has 0 N–H and O–H groups in total. The number of benzene rings is 2. The number of unbranched alkanes of at least 4 members (excludes halogenated alkanes) is 1. The molecule has 0 saturated carbocycles. The highest BCUT2D eigenvalue weighted by molar-refractivity contribution is 7.71. The highest BCUT2D eigenvalue weighted by Crippen LogP contribution is 2.20. The van der Waals surface area contributed by atoms with E-state index >= 15 is 0 Å². The van der Waals surface area contributed by atoms with Crippen molar-refractivity contribution in [3.8, 4) is 0 Å². The molecule has 0 aliphatic carbocycles. The summed E-state index contributed by atoms with van der Waals surface area (Å²) in [4.78, 5) is 15.5. The summed E-state index contributed by atoms with van der Waals surface area (Å²) in [6.45, 7) is 5.24. The maximum atomic E-state index is 13.2. The summed E-state index contributed by atoms with van der Waals surface area (Å²) in [7, 11) is 0. The molecule has 30 heavy (non-hydrogen) atoms. The van der Waals surface area contributed by atoms with E-state index in [4.69, 9.17) is 17.3 Å². The van der Waals surface area contributed by atoms with Crippen LogP contribution >= 0.6 is 12.2 Å². The van der Waals surface area contributed by atoms with Gasteiger partial charge in [0.15, 0.2) is 0 Å². The van der Waals surface area contributed by atoms with Crippen LogP contribution in [0.5, 0.6) is 0 Å². The molecule has 1 aliphatic rings. The molecule has 4 aromatic rings. The molecule has 0 saturated heterocycles. The molecule has 0 amide bonds. The van der Waals surface area contributed by atoms with Crippen LogP contribution in [0.4, 0.5) is 0 Å². The lowest BCUT2D eigenvalue weighted by atomic mass is 10.0. The van der Waals surface area contributed by atoms with Gasteiger partial charge in [0.1, 0.15) is 0 Å². The Balaban J connectivity index is 1.61. The first-order chi connectivity index (χ1) is 14.7. The minimum absolute atomic E-state index is 0.00519. The van der Waals surface area contributed by atoms with Gasteiger partial charge in [0.05, 0.1) is 17.6 Å². The van der Waals surface area contributed by atoms with Gasteiger partial charge >= 0.3 is 0 Å². The van der Waals surface area contributed by atoms with Crippen LogP contribution in [0.15, 0.2) is 53.3 Å². The highest BCUT2D eigenvalue weighted by Gasteiger charge is 2.19. The van der Waals surface area contributed by atoms with Crippen molar-refractivity contribution in [1.82, 2.24) is 23.6 Å². The molecular weight excluding hydrogens is 394 g/mol. The van der Waals surface area contributed by atoms with Gasteiger partial charge in [-0.25, -0.2) is 4.68 Å². The Morgan fingerprint density at radius 2 is 1.83 bits per heavy atom. The second-order valence-corrected chi connectivity index (χ2v) is 8.32. The lowest BCUT2D eigenvalue weighted by Gasteiger charge is -2.28. The van der Waals surface area contributed by atoms with Crippen molar-refractivity contribution in [2.75, 3.05) is 6.54 Å². The fourth-order valence-corrected chi connectivity index (χ4v) is 4.62. The molecule has 0 bridgehead atoms. The number of para-hydroxylation sites is 1. The quantitative estimate of drug-likeness (QED) is 0.459. The number of aryl methyl sites for hydroxylation is 1. The number of fused-ring (bicyclic) bond motifs is 4. The summed E-state index contributed by atoms with van der Waals surface area (Å²) in [6.07, 6.45) is 2.97. The first kappa shape index (κ1) is 19.2. The third kappa shape index (κ3) is 3.18. The number of hydrogen-bond donors (Lipinski definition) is 0. The van der Waals surface area contributed by atoms with Crippen LogP contribution in [0.1, 0.15) is 30.9 Å². The van der Waals surface area contributed by atoms with Gasteiger partial charge in [-0.1, -0.05) is 49.7 Å². The smallest absolute Gasteiger partial charge is 0.262 e. The molecule has 3 heterocycles. The van der Waals surface area contributed by atoms with Gasteiger partial charge in [-0.3, -0.25) is 18.7 Å². The summed E-state index contributed by atoms with van der Waals surface area (Å²) in [5.41, 5.74) is 3.62. The van der Waals surface area contributed by atoms with Crippen LogP contribution in [0, 0.1) is 4.77 Å². The van der Waals surface area contributed by atoms with Gasteiger partial charge < -0.3 is 0 Å². The van der Waals surface area contributed by atoms with Crippen molar-refractivity contribution in [2.24, 2.45) is 0 Å². The zero-order chi connectivity index (χ0) is 20.7. The summed E-state index contributed by atoms with van der Waals surface area (Å²) >= 11 is 5.84. The van der Waals surface area contributed by atoms with Crippen LogP contribution in [0.25, 0.3) is 16.7 Å². The van der Waals surface area contributed by atoms with Crippen molar-refractivity contribution < 1.29 is 0 Å².